The lowest BCUT2D eigenvalue weighted by atomic mass is 9.71. The van der Waals surface area contributed by atoms with E-state index in [-0.39, 0.29) is 11.3 Å². The minimum atomic E-state index is -0.267. The van der Waals surface area contributed by atoms with Gasteiger partial charge in [-0.1, -0.05) is 43.3 Å². The number of hydrogen-bond donors (Lipinski definition) is 1. The summed E-state index contributed by atoms with van der Waals surface area (Å²) >= 11 is 1.42. The molecule has 28 heavy (non-hydrogen) atoms. The van der Waals surface area contributed by atoms with Crippen LogP contribution in [0.4, 0.5) is 5.13 Å². The van der Waals surface area contributed by atoms with Crippen LogP contribution in [0, 0.1) is 11.3 Å². The molecule has 4 rings (SSSR count). The largest absolute Gasteiger partial charge is 0.492 e. The van der Waals surface area contributed by atoms with Gasteiger partial charge in [0.2, 0.25) is 0 Å². The van der Waals surface area contributed by atoms with Crippen LogP contribution in [0.25, 0.3) is 10.2 Å². The summed E-state index contributed by atoms with van der Waals surface area (Å²) in [5.41, 5.74) is 2.28. The highest BCUT2D eigenvalue weighted by Crippen LogP contribution is 2.39. The Balaban J connectivity index is 1.58. The Hall–Kier alpha value is -2.41. The second-order valence-corrected chi connectivity index (χ2v) is 9.28. The Morgan fingerprint density at radius 1 is 1.39 bits per heavy atom. The minimum absolute atomic E-state index is 0.186. The van der Waals surface area contributed by atoms with Gasteiger partial charge in [-0.25, -0.2) is 4.98 Å². The number of rotatable bonds is 4. The van der Waals surface area contributed by atoms with Gasteiger partial charge < -0.3 is 9.26 Å². The zero-order valence-electron chi connectivity index (χ0n) is 16.7. The van der Waals surface area contributed by atoms with Crippen molar-refractivity contribution in [2.24, 2.45) is 11.3 Å². The molecule has 1 aliphatic carbocycles. The number of benzene rings is 1. The lowest BCUT2D eigenvalue weighted by molar-refractivity contribution is 0.101. The molecule has 3 aromatic rings. The van der Waals surface area contributed by atoms with Crippen molar-refractivity contribution in [3.05, 3.63) is 35.2 Å². The van der Waals surface area contributed by atoms with Crippen molar-refractivity contribution in [2.45, 2.75) is 47.0 Å². The van der Waals surface area contributed by atoms with E-state index < -0.39 is 0 Å². The maximum absolute atomic E-state index is 12.9. The third-order valence-corrected chi connectivity index (χ3v) is 6.32. The van der Waals surface area contributed by atoms with Crippen LogP contribution >= 0.6 is 11.3 Å². The SMILES string of the molecule is CCOc1cccc2sc(NC(=O)c3noc4c3C[C@H](C(C)(C)C)CC4)nc12. The quantitative estimate of drug-likeness (QED) is 0.661. The molecule has 7 heteroatoms. The van der Waals surface area contributed by atoms with Crippen molar-refractivity contribution in [2.75, 3.05) is 11.9 Å². The number of nitrogens with zero attached hydrogens (tertiary/aromatic N) is 2. The third-order valence-electron chi connectivity index (χ3n) is 5.38. The first-order chi connectivity index (χ1) is 13.4. The molecule has 0 unspecified atom stereocenters. The molecule has 2 aromatic heterocycles. The number of para-hydroxylation sites is 1. The average Bonchev–Trinajstić information content (AvgIpc) is 3.24. The van der Waals surface area contributed by atoms with Gasteiger partial charge in [0.15, 0.2) is 10.8 Å². The fourth-order valence-corrected chi connectivity index (χ4v) is 4.61. The van der Waals surface area contributed by atoms with Gasteiger partial charge in [0.25, 0.3) is 5.91 Å². The van der Waals surface area contributed by atoms with E-state index in [2.05, 4.69) is 36.2 Å². The molecule has 0 bridgehead atoms. The summed E-state index contributed by atoms with van der Waals surface area (Å²) in [5.74, 6) is 1.80. The Bertz CT molecular complexity index is 1020. The van der Waals surface area contributed by atoms with Crippen molar-refractivity contribution >= 4 is 32.6 Å². The van der Waals surface area contributed by atoms with E-state index in [0.717, 1.165) is 46.6 Å². The number of ether oxygens (including phenoxy) is 1. The van der Waals surface area contributed by atoms with Crippen molar-refractivity contribution in [3.63, 3.8) is 0 Å². The van der Waals surface area contributed by atoms with Gasteiger partial charge in [-0.2, -0.15) is 0 Å². The highest BCUT2D eigenvalue weighted by atomic mass is 32.1. The summed E-state index contributed by atoms with van der Waals surface area (Å²) in [7, 11) is 0. The summed E-state index contributed by atoms with van der Waals surface area (Å²) in [5, 5.41) is 7.51. The second-order valence-electron chi connectivity index (χ2n) is 8.25. The fraction of sp³-hybridized carbons (Fsp3) is 0.476. The Labute approximate surface area is 168 Å². The van der Waals surface area contributed by atoms with Crippen LogP contribution in [0.1, 0.15) is 55.9 Å². The summed E-state index contributed by atoms with van der Waals surface area (Å²) in [6, 6.07) is 5.78. The average molecular weight is 400 g/mol. The Morgan fingerprint density at radius 2 is 2.21 bits per heavy atom. The summed E-state index contributed by atoms with van der Waals surface area (Å²) in [6.07, 6.45) is 2.71. The number of aromatic nitrogens is 2. The number of carbonyl (C=O) groups is 1. The van der Waals surface area contributed by atoms with Crippen LogP contribution in [-0.4, -0.2) is 22.7 Å². The van der Waals surface area contributed by atoms with Crippen LogP contribution in [0.5, 0.6) is 5.75 Å². The molecule has 0 saturated heterocycles. The van der Waals surface area contributed by atoms with Crippen LogP contribution in [0.15, 0.2) is 22.7 Å². The zero-order chi connectivity index (χ0) is 19.9. The molecule has 1 aromatic carbocycles. The molecular weight excluding hydrogens is 374 g/mol. The number of thiazole rings is 1. The molecule has 0 spiro atoms. The topological polar surface area (TPSA) is 77.2 Å². The van der Waals surface area contributed by atoms with Crippen LogP contribution in [0.2, 0.25) is 0 Å². The molecule has 1 N–H and O–H groups in total. The van der Waals surface area contributed by atoms with E-state index in [1.54, 1.807) is 0 Å². The molecule has 1 atom stereocenters. The predicted octanol–water partition coefficient (Wildman–Crippen LogP) is 5.09. The van der Waals surface area contributed by atoms with Crippen LogP contribution in [0.3, 0.4) is 0 Å². The summed E-state index contributed by atoms with van der Waals surface area (Å²) in [4.78, 5) is 17.4. The van der Waals surface area contributed by atoms with Crippen LogP contribution in [-0.2, 0) is 12.8 Å². The first kappa shape index (κ1) is 18.9. The molecule has 2 heterocycles. The van der Waals surface area contributed by atoms with Gasteiger partial charge in [0.1, 0.15) is 17.0 Å². The first-order valence-corrected chi connectivity index (χ1v) is 10.5. The Morgan fingerprint density at radius 3 is 2.96 bits per heavy atom. The maximum Gasteiger partial charge on any atom is 0.279 e. The molecule has 6 nitrogen and oxygen atoms in total. The summed E-state index contributed by atoms with van der Waals surface area (Å²) in [6.45, 7) is 9.23. The van der Waals surface area contributed by atoms with E-state index in [0.29, 0.717) is 23.4 Å². The lowest BCUT2D eigenvalue weighted by Crippen LogP contribution is -2.27. The number of hydrogen-bond acceptors (Lipinski definition) is 6. The molecule has 0 radical (unpaired) electrons. The fourth-order valence-electron chi connectivity index (χ4n) is 3.73. The van der Waals surface area contributed by atoms with Crippen molar-refractivity contribution in [1.82, 2.24) is 10.1 Å². The predicted molar refractivity (Wildman–Crippen MR) is 110 cm³/mol. The molecule has 148 valence electrons. The van der Waals surface area contributed by atoms with E-state index in [1.165, 1.54) is 11.3 Å². The van der Waals surface area contributed by atoms with E-state index in [9.17, 15) is 4.79 Å². The minimum Gasteiger partial charge on any atom is -0.492 e. The van der Waals surface area contributed by atoms with Crippen molar-refractivity contribution in [3.8, 4) is 5.75 Å². The van der Waals surface area contributed by atoms with E-state index in [1.807, 2.05) is 25.1 Å². The van der Waals surface area contributed by atoms with Gasteiger partial charge in [-0.05, 0) is 43.2 Å². The number of amides is 1. The second kappa shape index (κ2) is 7.20. The number of aryl methyl sites for hydroxylation is 1. The van der Waals surface area contributed by atoms with E-state index >= 15 is 0 Å². The van der Waals surface area contributed by atoms with Gasteiger partial charge in [0.05, 0.1) is 11.3 Å². The molecule has 0 aliphatic heterocycles. The smallest absolute Gasteiger partial charge is 0.279 e. The van der Waals surface area contributed by atoms with E-state index in [4.69, 9.17) is 9.26 Å². The molecular formula is C21H25N3O3S. The first-order valence-electron chi connectivity index (χ1n) is 9.68. The normalized spacial score (nSPS) is 16.8. The van der Waals surface area contributed by atoms with Crippen molar-refractivity contribution in [1.29, 1.82) is 0 Å². The van der Waals surface area contributed by atoms with Gasteiger partial charge in [0, 0.05) is 12.0 Å². The Kier molecular flexibility index (Phi) is 4.87. The number of carbonyl (C=O) groups excluding carboxylic acids is 1. The molecule has 0 fully saturated rings. The maximum atomic E-state index is 12.9. The lowest BCUT2D eigenvalue weighted by Gasteiger charge is -2.33. The summed E-state index contributed by atoms with van der Waals surface area (Å²) < 4.78 is 12.1. The highest BCUT2D eigenvalue weighted by molar-refractivity contribution is 7.22. The standard InChI is InChI=1S/C21H25N3O3S/c1-5-26-15-7-6-8-16-18(15)22-20(28-16)23-19(25)17-13-11-12(21(2,3)4)9-10-14(13)27-24-17/h6-8,12H,5,9-11H2,1-4H3,(H,22,23,25)/t12-/m1/s1. The highest BCUT2D eigenvalue weighted by Gasteiger charge is 2.34. The molecule has 0 saturated carbocycles. The zero-order valence-corrected chi connectivity index (χ0v) is 17.5. The number of fused-ring (bicyclic) bond motifs is 2. The van der Waals surface area contributed by atoms with Crippen molar-refractivity contribution < 1.29 is 14.1 Å². The van der Waals surface area contributed by atoms with Gasteiger partial charge in [-0.15, -0.1) is 0 Å². The molecule has 1 amide bonds. The number of nitrogens with one attached hydrogen (secondary N) is 1. The van der Waals surface area contributed by atoms with Gasteiger partial charge in [-0.3, -0.25) is 10.1 Å². The monoisotopic (exact) mass is 399 g/mol. The number of anilines is 1. The van der Waals surface area contributed by atoms with Gasteiger partial charge >= 0.3 is 0 Å². The third kappa shape index (κ3) is 3.51. The van der Waals surface area contributed by atoms with Crippen LogP contribution < -0.4 is 10.1 Å². The molecule has 1 aliphatic rings.